The number of amides is 2. The van der Waals surface area contributed by atoms with E-state index in [-0.39, 0.29) is 11.4 Å². The minimum absolute atomic E-state index is 0.00385. The Hall–Kier alpha value is -1.26. The third kappa shape index (κ3) is 4.73. The number of rotatable bonds is 3. The Kier molecular flexibility index (Phi) is 5.20. The van der Waals surface area contributed by atoms with Gasteiger partial charge in [0.15, 0.2) is 0 Å². The van der Waals surface area contributed by atoms with Crippen LogP contribution in [0.15, 0.2) is 0 Å². The Labute approximate surface area is 115 Å². The second-order valence-electron chi connectivity index (χ2n) is 6.57. The first-order chi connectivity index (χ1) is 8.74. The van der Waals surface area contributed by atoms with Gasteiger partial charge < -0.3 is 15.3 Å². The van der Waals surface area contributed by atoms with Crippen LogP contribution in [0.4, 0.5) is 4.79 Å². The first-order valence-corrected chi connectivity index (χ1v) is 7.02. The Morgan fingerprint density at radius 3 is 2.47 bits per heavy atom. The molecule has 0 aromatic rings. The molecule has 0 bridgehead atoms. The van der Waals surface area contributed by atoms with Crippen molar-refractivity contribution in [1.29, 1.82) is 0 Å². The summed E-state index contributed by atoms with van der Waals surface area (Å²) < 4.78 is 0. The summed E-state index contributed by atoms with van der Waals surface area (Å²) in [6.07, 6.45) is 2.43. The number of carboxylic acid groups (broad SMARTS) is 1. The Morgan fingerprint density at radius 1 is 1.37 bits per heavy atom. The van der Waals surface area contributed by atoms with Gasteiger partial charge in [0, 0.05) is 13.1 Å². The molecular formula is C14H26N2O3. The quantitative estimate of drug-likeness (QED) is 0.827. The lowest BCUT2D eigenvalue weighted by Gasteiger charge is -2.37. The van der Waals surface area contributed by atoms with E-state index in [2.05, 4.69) is 12.2 Å². The fourth-order valence-electron chi connectivity index (χ4n) is 2.33. The lowest BCUT2D eigenvalue weighted by Crippen LogP contribution is -2.54. The van der Waals surface area contributed by atoms with Crippen molar-refractivity contribution in [1.82, 2.24) is 10.2 Å². The van der Waals surface area contributed by atoms with Crippen molar-refractivity contribution in [3.63, 3.8) is 0 Å². The number of nitrogens with zero attached hydrogens (tertiary/aromatic N) is 1. The van der Waals surface area contributed by atoms with Gasteiger partial charge in [-0.15, -0.1) is 0 Å². The van der Waals surface area contributed by atoms with Crippen molar-refractivity contribution in [3.8, 4) is 0 Å². The molecule has 1 saturated heterocycles. The van der Waals surface area contributed by atoms with Crippen LogP contribution in [0.1, 0.15) is 47.0 Å². The topological polar surface area (TPSA) is 69.6 Å². The van der Waals surface area contributed by atoms with E-state index >= 15 is 0 Å². The highest BCUT2D eigenvalue weighted by Crippen LogP contribution is 2.25. The largest absolute Gasteiger partial charge is 0.480 e. The number of carbonyl (C=O) groups excluding carboxylic acids is 1. The third-order valence-electron chi connectivity index (χ3n) is 3.60. The summed E-state index contributed by atoms with van der Waals surface area (Å²) in [6.45, 7) is 9.25. The van der Waals surface area contributed by atoms with Crippen LogP contribution in [0, 0.1) is 11.3 Å². The number of carbonyl (C=O) groups is 2. The third-order valence-corrected chi connectivity index (χ3v) is 3.60. The standard InChI is InChI=1S/C14H26N2O3/c1-5-10-6-7-16(11(8-10)12(17)18)13(19)15-9-14(2,3)4/h10-11H,5-9H2,1-4H3,(H,15,19)(H,17,18). The molecule has 1 aliphatic heterocycles. The average molecular weight is 270 g/mol. The molecule has 1 aliphatic rings. The van der Waals surface area contributed by atoms with E-state index in [1.165, 1.54) is 4.90 Å². The molecule has 19 heavy (non-hydrogen) atoms. The van der Waals surface area contributed by atoms with Crippen LogP contribution in [-0.2, 0) is 4.79 Å². The van der Waals surface area contributed by atoms with Gasteiger partial charge in [-0.1, -0.05) is 34.1 Å². The molecule has 0 aliphatic carbocycles. The molecule has 0 radical (unpaired) electrons. The molecule has 0 aromatic carbocycles. The van der Waals surface area contributed by atoms with Crippen LogP contribution < -0.4 is 5.32 Å². The lowest BCUT2D eigenvalue weighted by atomic mass is 9.89. The number of urea groups is 1. The Morgan fingerprint density at radius 2 is 2.00 bits per heavy atom. The van der Waals surface area contributed by atoms with Crippen LogP contribution in [0.3, 0.4) is 0 Å². The van der Waals surface area contributed by atoms with E-state index in [1.54, 1.807) is 0 Å². The van der Waals surface area contributed by atoms with E-state index in [4.69, 9.17) is 0 Å². The second-order valence-corrected chi connectivity index (χ2v) is 6.57. The van der Waals surface area contributed by atoms with Gasteiger partial charge >= 0.3 is 12.0 Å². The fraction of sp³-hybridized carbons (Fsp3) is 0.857. The van der Waals surface area contributed by atoms with E-state index in [9.17, 15) is 14.7 Å². The van der Waals surface area contributed by atoms with Gasteiger partial charge in [0.2, 0.25) is 0 Å². The predicted octanol–water partition coefficient (Wildman–Crippen LogP) is 2.32. The molecule has 1 heterocycles. The van der Waals surface area contributed by atoms with Crippen molar-refractivity contribution >= 4 is 12.0 Å². The minimum Gasteiger partial charge on any atom is -0.480 e. The van der Waals surface area contributed by atoms with Crippen molar-refractivity contribution in [2.75, 3.05) is 13.1 Å². The first kappa shape index (κ1) is 15.8. The SMILES string of the molecule is CCC1CCN(C(=O)NCC(C)(C)C)C(C(=O)O)C1. The zero-order valence-corrected chi connectivity index (χ0v) is 12.4. The van der Waals surface area contributed by atoms with Gasteiger partial charge in [-0.05, 0) is 24.2 Å². The summed E-state index contributed by atoms with van der Waals surface area (Å²) in [4.78, 5) is 24.9. The zero-order chi connectivity index (χ0) is 14.6. The van der Waals surface area contributed by atoms with Crippen molar-refractivity contribution in [2.24, 2.45) is 11.3 Å². The summed E-state index contributed by atoms with van der Waals surface area (Å²) in [5.74, 6) is -0.489. The normalized spacial score (nSPS) is 24.1. The maximum Gasteiger partial charge on any atom is 0.326 e. The van der Waals surface area contributed by atoms with E-state index in [1.807, 2.05) is 20.8 Å². The molecular weight excluding hydrogens is 244 g/mol. The van der Waals surface area contributed by atoms with E-state index in [0.29, 0.717) is 25.4 Å². The summed E-state index contributed by atoms with van der Waals surface area (Å²) >= 11 is 0. The number of hydrogen-bond donors (Lipinski definition) is 2. The predicted molar refractivity (Wildman–Crippen MR) is 74.0 cm³/mol. The number of aliphatic carboxylic acids is 1. The van der Waals surface area contributed by atoms with Crippen LogP contribution in [0.2, 0.25) is 0 Å². The van der Waals surface area contributed by atoms with Crippen molar-refractivity contribution in [2.45, 2.75) is 53.0 Å². The van der Waals surface area contributed by atoms with E-state index < -0.39 is 12.0 Å². The summed E-state index contributed by atoms with van der Waals surface area (Å²) in [5, 5.41) is 12.1. The zero-order valence-electron chi connectivity index (χ0n) is 12.4. The fourth-order valence-corrected chi connectivity index (χ4v) is 2.33. The van der Waals surface area contributed by atoms with Gasteiger partial charge in [-0.3, -0.25) is 0 Å². The molecule has 5 heteroatoms. The number of hydrogen-bond acceptors (Lipinski definition) is 2. The molecule has 2 N–H and O–H groups in total. The first-order valence-electron chi connectivity index (χ1n) is 7.02. The molecule has 110 valence electrons. The Bertz CT molecular complexity index is 336. The van der Waals surface area contributed by atoms with Crippen LogP contribution in [0.25, 0.3) is 0 Å². The van der Waals surface area contributed by atoms with Crippen LogP contribution in [-0.4, -0.2) is 41.1 Å². The number of piperidine rings is 1. The van der Waals surface area contributed by atoms with Gasteiger partial charge in [-0.25, -0.2) is 9.59 Å². The van der Waals surface area contributed by atoms with Gasteiger partial charge in [0.05, 0.1) is 0 Å². The smallest absolute Gasteiger partial charge is 0.326 e. The minimum atomic E-state index is -0.899. The molecule has 1 fully saturated rings. The molecule has 2 unspecified atom stereocenters. The molecule has 2 amide bonds. The van der Waals surface area contributed by atoms with Crippen LogP contribution >= 0.6 is 0 Å². The lowest BCUT2D eigenvalue weighted by molar-refractivity contribution is -0.144. The van der Waals surface area contributed by atoms with E-state index in [0.717, 1.165) is 12.8 Å². The summed E-state index contributed by atoms with van der Waals surface area (Å²) in [6, 6.07) is -0.935. The maximum absolute atomic E-state index is 12.1. The number of carboxylic acids is 1. The van der Waals surface area contributed by atoms with Crippen molar-refractivity contribution in [3.05, 3.63) is 0 Å². The maximum atomic E-state index is 12.1. The van der Waals surface area contributed by atoms with Crippen molar-refractivity contribution < 1.29 is 14.7 Å². The van der Waals surface area contributed by atoms with Gasteiger partial charge in [-0.2, -0.15) is 0 Å². The highest BCUT2D eigenvalue weighted by Gasteiger charge is 2.35. The second kappa shape index (κ2) is 6.26. The monoisotopic (exact) mass is 270 g/mol. The highest BCUT2D eigenvalue weighted by molar-refractivity contribution is 5.82. The molecule has 0 saturated carbocycles. The molecule has 5 nitrogen and oxygen atoms in total. The number of likely N-dealkylation sites (tertiary alicyclic amines) is 1. The number of nitrogens with one attached hydrogen (secondary N) is 1. The Balaban J connectivity index is 2.64. The summed E-state index contributed by atoms with van der Waals surface area (Å²) in [7, 11) is 0. The molecule has 0 aromatic heterocycles. The highest BCUT2D eigenvalue weighted by atomic mass is 16.4. The summed E-state index contributed by atoms with van der Waals surface area (Å²) in [5.41, 5.74) is -0.00385. The van der Waals surface area contributed by atoms with Gasteiger partial charge in [0.1, 0.15) is 6.04 Å². The van der Waals surface area contributed by atoms with Gasteiger partial charge in [0.25, 0.3) is 0 Å². The van der Waals surface area contributed by atoms with Crippen LogP contribution in [0.5, 0.6) is 0 Å². The molecule has 0 spiro atoms. The molecule has 1 rings (SSSR count). The average Bonchev–Trinajstić information content (AvgIpc) is 2.34. The molecule has 2 atom stereocenters.